The number of ether oxygens (including phenoxy) is 2. The van der Waals surface area contributed by atoms with Gasteiger partial charge in [0.25, 0.3) is 0 Å². The van der Waals surface area contributed by atoms with Crippen LogP contribution in [0.5, 0.6) is 5.88 Å². The quantitative estimate of drug-likeness (QED) is 0.648. The molecule has 1 amide bonds. The number of rotatable bonds is 3. The Hall–Kier alpha value is -1.80. The first-order valence-corrected chi connectivity index (χ1v) is 9.98. The molecule has 7 nitrogen and oxygen atoms in total. The molecule has 1 saturated heterocycles. The molecule has 0 atom stereocenters. The van der Waals surface area contributed by atoms with Crippen LogP contribution < -0.4 is 9.64 Å². The Morgan fingerprint density at radius 2 is 1.93 bits per heavy atom. The van der Waals surface area contributed by atoms with Gasteiger partial charge in [0, 0.05) is 30.7 Å². The van der Waals surface area contributed by atoms with Gasteiger partial charge in [0.1, 0.15) is 5.60 Å². The van der Waals surface area contributed by atoms with Gasteiger partial charge in [-0.3, -0.25) is 0 Å². The molecule has 27 heavy (non-hydrogen) atoms. The summed E-state index contributed by atoms with van der Waals surface area (Å²) in [5, 5.41) is 0.801. The molecule has 0 spiro atoms. The number of halogens is 2. The maximum atomic E-state index is 12.2. The Morgan fingerprint density at radius 3 is 2.56 bits per heavy atom. The lowest BCUT2D eigenvalue weighted by atomic mass is 10.2. The van der Waals surface area contributed by atoms with Crippen molar-refractivity contribution in [2.24, 2.45) is 0 Å². The number of benzene rings is 1. The largest absolute Gasteiger partial charge is 0.461 e. The molecule has 2 aromatic rings. The van der Waals surface area contributed by atoms with Gasteiger partial charge in [-0.2, -0.15) is 4.98 Å². The maximum Gasteiger partial charge on any atom is 0.410 e. The first-order chi connectivity index (χ1) is 12.8. The molecule has 1 aliphatic rings. The third kappa shape index (κ3) is 4.93. The van der Waals surface area contributed by atoms with Gasteiger partial charge in [-0.05, 0) is 39.0 Å². The van der Waals surface area contributed by atoms with Crippen molar-refractivity contribution in [1.82, 2.24) is 14.9 Å². The van der Waals surface area contributed by atoms with Gasteiger partial charge in [0.05, 0.1) is 10.9 Å². The summed E-state index contributed by atoms with van der Waals surface area (Å²) in [4.78, 5) is 25.1. The van der Waals surface area contributed by atoms with Crippen LogP contribution in [0, 0.1) is 0 Å². The molecule has 0 aliphatic carbocycles. The Morgan fingerprint density at radius 1 is 1.22 bits per heavy atom. The number of aromatic nitrogens is 2. The summed E-state index contributed by atoms with van der Waals surface area (Å²) in [7, 11) is 0. The number of nitrogens with zero attached hydrogens (tertiary/aromatic N) is 4. The Balaban J connectivity index is 1.77. The number of hydrogen-bond donors (Lipinski definition) is 0. The lowest BCUT2D eigenvalue weighted by Crippen LogP contribution is -2.50. The molecule has 3 rings (SSSR count). The van der Waals surface area contributed by atoms with E-state index < -0.39 is 5.60 Å². The number of carbonyl (C=O) groups is 1. The molecule has 0 saturated carbocycles. The van der Waals surface area contributed by atoms with Crippen molar-refractivity contribution < 1.29 is 14.3 Å². The first-order valence-electron chi connectivity index (χ1n) is 8.66. The summed E-state index contributed by atoms with van der Waals surface area (Å²) in [5.74, 6) is 1.01. The van der Waals surface area contributed by atoms with Crippen molar-refractivity contribution in [2.75, 3.05) is 37.1 Å². The minimum absolute atomic E-state index is 0.00798. The molecule has 0 bridgehead atoms. The van der Waals surface area contributed by atoms with Gasteiger partial charge >= 0.3 is 6.09 Å². The first kappa shape index (κ1) is 19.9. The number of alkyl halides is 1. The Kier molecular flexibility index (Phi) is 5.95. The second kappa shape index (κ2) is 8.06. The van der Waals surface area contributed by atoms with Crippen LogP contribution in [0.3, 0.4) is 0 Å². The summed E-state index contributed by atoms with van der Waals surface area (Å²) in [5.41, 5.74) is 0.265. The molecule has 1 aliphatic heterocycles. The van der Waals surface area contributed by atoms with Gasteiger partial charge < -0.3 is 19.3 Å². The highest BCUT2D eigenvalue weighted by Crippen LogP contribution is 2.28. The second-order valence-electron chi connectivity index (χ2n) is 7.20. The zero-order valence-electron chi connectivity index (χ0n) is 15.5. The van der Waals surface area contributed by atoms with Gasteiger partial charge in [0.15, 0.2) is 6.07 Å². The molecule has 0 unspecified atom stereocenters. The lowest BCUT2D eigenvalue weighted by Gasteiger charge is -2.35. The fraction of sp³-hybridized carbons (Fsp3) is 0.500. The number of hydrogen-bond acceptors (Lipinski definition) is 6. The van der Waals surface area contributed by atoms with Gasteiger partial charge in [0.2, 0.25) is 11.8 Å². The van der Waals surface area contributed by atoms with E-state index in [9.17, 15) is 4.79 Å². The Labute approximate surface area is 171 Å². The normalized spacial score (nSPS) is 15.1. The van der Waals surface area contributed by atoms with E-state index in [1.54, 1.807) is 4.90 Å². The van der Waals surface area contributed by atoms with Crippen molar-refractivity contribution in [3.8, 4) is 5.88 Å². The minimum Gasteiger partial charge on any atom is -0.461 e. The summed E-state index contributed by atoms with van der Waals surface area (Å²) in [6.07, 6.45) is -0.295. The number of carbonyl (C=O) groups excluding carboxylic acids is 1. The lowest BCUT2D eigenvalue weighted by molar-refractivity contribution is 0.0240. The van der Waals surface area contributed by atoms with Crippen molar-refractivity contribution in [3.05, 3.63) is 22.7 Å². The van der Waals surface area contributed by atoms with E-state index in [0.29, 0.717) is 38.0 Å². The molecule has 1 fully saturated rings. The van der Waals surface area contributed by atoms with Crippen molar-refractivity contribution in [2.45, 2.75) is 26.4 Å². The van der Waals surface area contributed by atoms with E-state index >= 15 is 0 Å². The third-order valence-corrected chi connectivity index (χ3v) is 4.62. The zero-order valence-corrected chi connectivity index (χ0v) is 17.9. The predicted octanol–water partition coefficient (Wildman–Crippen LogP) is 4.02. The molecule has 9 heteroatoms. The monoisotopic (exact) mass is 456 g/mol. The Bertz CT molecular complexity index is 835. The summed E-state index contributed by atoms with van der Waals surface area (Å²) >= 11 is 9.21. The number of anilines is 1. The van der Waals surface area contributed by atoms with Crippen LogP contribution in [0.4, 0.5) is 10.7 Å². The zero-order chi connectivity index (χ0) is 19.6. The van der Waals surface area contributed by atoms with Crippen LogP contribution >= 0.6 is 27.5 Å². The molecule has 146 valence electrons. The van der Waals surface area contributed by atoms with E-state index in [1.165, 1.54) is 0 Å². The average Bonchev–Trinajstić information content (AvgIpc) is 2.60. The third-order valence-electron chi connectivity index (χ3n) is 4.02. The molecular formula is C18H22BrClN4O3. The van der Waals surface area contributed by atoms with Crippen LogP contribution in [-0.2, 0) is 4.74 Å². The van der Waals surface area contributed by atoms with Gasteiger partial charge in [-0.15, -0.1) is 0 Å². The standard InChI is InChI=1S/C18H22BrClN4O3/c1-18(2,3)27-17(25)24-8-6-23(7-9-24)16-21-14-10-12(19)4-5-13(14)15(22-16)26-11-20/h4-5,10H,6-9,11H2,1-3H3. The topological polar surface area (TPSA) is 67.8 Å². The molecule has 0 radical (unpaired) electrons. The summed E-state index contributed by atoms with van der Waals surface area (Å²) in [6, 6.07) is 5.73. The maximum absolute atomic E-state index is 12.2. The number of amides is 1. The molecule has 0 N–H and O–H groups in total. The van der Waals surface area contributed by atoms with E-state index in [2.05, 4.69) is 25.9 Å². The average molecular weight is 458 g/mol. The van der Waals surface area contributed by atoms with Crippen LogP contribution in [0.15, 0.2) is 22.7 Å². The highest BCUT2D eigenvalue weighted by Gasteiger charge is 2.27. The van der Waals surface area contributed by atoms with Gasteiger partial charge in [-0.1, -0.05) is 27.5 Å². The van der Waals surface area contributed by atoms with Crippen molar-refractivity contribution >= 4 is 50.5 Å². The molecular weight excluding hydrogens is 436 g/mol. The van der Waals surface area contributed by atoms with E-state index in [4.69, 9.17) is 21.1 Å². The second-order valence-corrected chi connectivity index (χ2v) is 8.33. The van der Waals surface area contributed by atoms with Crippen molar-refractivity contribution in [1.29, 1.82) is 0 Å². The summed E-state index contributed by atoms with van der Waals surface area (Å²) < 4.78 is 11.9. The van der Waals surface area contributed by atoms with Crippen LogP contribution in [0.25, 0.3) is 10.9 Å². The molecule has 1 aromatic carbocycles. The fourth-order valence-electron chi connectivity index (χ4n) is 2.78. The summed E-state index contributed by atoms with van der Waals surface area (Å²) in [6.45, 7) is 7.89. The van der Waals surface area contributed by atoms with Crippen LogP contribution in [0.2, 0.25) is 0 Å². The van der Waals surface area contributed by atoms with Crippen molar-refractivity contribution in [3.63, 3.8) is 0 Å². The van der Waals surface area contributed by atoms with Gasteiger partial charge in [-0.25, -0.2) is 9.78 Å². The van der Waals surface area contributed by atoms with E-state index in [-0.39, 0.29) is 12.2 Å². The van der Waals surface area contributed by atoms with Crippen LogP contribution in [-0.4, -0.2) is 58.8 Å². The van der Waals surface area contributed by atoms with Crippen LogP contribution in [0.1, 0.15) is 20.8 Å². The minimum atomic E-state index is -0.503. The van der Waals surface area contributed by atoms with E-state index in [0.717, 1.165) is 15.4 Å². The predicted molar refractivity (Wildman–Crippen MR) is 109 cm³/mol. The smallest absolute Gasteiger partial charge is 0.410 e. The fourth-order valence-corrected chi connectivity index (χ4v) is 3.23. The molecule has 2 heterocycles. The number of piperazine rings is 1. The van der Waals surface area contributed by atoms with E-state index in [1.807, 2.05) is 43.9 Å². The number of fused-ring (bicyclic) bond motifs is 1. The SMILES string of the molecule is CC(C)(C)OC(=O)N1CCN(c2nc(OCCl)c3ccc(Br)cc3n2)CC1. The highest BCUT2D eigenvalue weighted by atomic mass is 79.9. The highest BCUT2D eigenvalue weighted by molar-refractivity contribution is 9.10. The molecule has 1 aromatic heterocycles.